The Kier molecular flexibility index (Phi) is 8.57. The van der Waals surface area contributed by atoms with E-state index in [4.69, 9.17) is 25.8 Å². The Hall–Kier alpha value is -2.99. The summed E-state index contributed by atoms with van der Waals surface area (Å²) in [6, 6.07) is 7.57. The molecule has 3 heterocycles. The number of nitrogens with one attached hydrogen (secondary N) is 1. The van der Waals surface area contributed by atoms with Crippen LogP contribution < -0.4 is 10.2 Å². The first-order chi connectivity index (χ1) is 17.3. The molecule has 192 valence electrons. The predicted octanol–water partition coefficient (Wildman–Crippen LogP) is 4.13. The molecule has 2 fully saturated rings. The molecule has 2 aliphatic heterocycles. The Labute approximate surface area is 216 Å². The van der Waals surface area contributed by atoms with Gasteiger partial charge in [-0.2, -0.15) is 0 Å². The summed E-state index contributed by atoms with van der Waals surface area (Å²) in [5.74, 6) is -1.36. The lowest BCUT2D eigenvalue weighted by atomic mass is 10.2. The van der Waals surface area contributed by atoms with Crippen molar-refractivity contribution in [1.29, 1.82) is 0 Å². The van der Waals surface area contributed by atoms with E-state index < -0.39 is 18.1 Å². The number of carbonyl (C=O) groups is 3. The third kappa shape index (κ3) is 6.41. The number of rotatable bonds is 7. The Morgan fingerprint density at radius 1 is 1.33 bits per heavy atom. The van der Waals surface area contributed by atoms with Crippen LogP contribution in [0.1, 0.15) is 18.2 Å². The van der Waals surface area contributed by atoms with Crippen molar-refractivity contribution in [3.8, 4) is 0 Å². The zero-order valence-electron chi connectivity index (χ0n) is 19.4. The van der Waals surface area contributed by atoms with Crippen molar-refractivity contribution < 1.29 is 33.0 Å². The van der Waals surface area contributed by atoms with Gasteiger partial charge in [0.1, 0.15) is 12.4 Å². The summed E-state index contributed by atoms with van der Waals surface area (Å²) in [6.07, 6.45) is 1.20. The quantitative estimate of drug-likeness (QED) is 0.533. The van der Waals surface area contributed by atoms with E-state index in [0.717, 1.165) is 10.9 Å². The fourth-order valence-electron chi connectivity index (χ4n) is 3.96. The number of hydrogen-bond donors (Lipinski definition) is 1. The van der Waals surface area contributed by atoms with Gasteiger partial charge in [0.25, 0.3) is 5.91 Å². The first-order valence-electron chi connectivity index (χ1n) is 11.3. The summed E-state index contributed by atoms with van der Waals surface area (Å²) in [5.41, 5.74) is 0.252. The molecule has 36 heavy (non-hydrogen) atoms. The minimum atomic E-state index is -0.918. The number of benzene rings is 1. The minimum absolute atomic E-state index is 0.0659. The highest BCUT2D eigenvalue weighted by Crippen LogP contribution is 2.26. The largest absolute Gasteiger partial charge is 0.425 e. The monoisotopic (exact) mass is 537 g/mol. The maximum Gasteiger partial charge on any atom is 0.413 e. The van der Waals surface area contributed by atoms with Crippen LogP contribution in [-0.2, 0) is 23.8 Å². The molecular formula is C24H25ClFN3O6S. The number of carbonyl (C=O) groups excluding carboxylic acids is 3. The first kappa shape index (κ1) is 26.1. The number of nitrogens with zero attached hydrogens (tertiary/aromatic N) is 2. The number of hydrogen-bond acceptors (Lipinski definition) is 7. The molecule has 1 N–H and O–H groups in total. The third-order valence-corrected chi connectivity index (χ3v) is 6.81. The summed E-state index contributed by atoms with van der Waals surface area (Å²) in [7, 11) is 0. The Balaban J connectivity index is 1.40. The van der Waals surface area contributed by atoms with E-state index in [-0.39, 0.29) is 43.2 Å². The van der Waals surface area contributed by atoms with E-state index in [9.17, 15) is 18.8 Å². The molecule has 0 aliphatic carbocycles. The molecular weight excluding hydrogens is 513 g/mol. The molecule has 1 aromatic heterocycles. The lowest BCUT2D eigenvalue weighted by molar-refractivity contribution is -0.132. The van der Waals surface area contributed by atoms with Crippen molar-refractivity contribution in [2.24, 2.45) is 0 Å². The van der Waals surface area contributed by atoms with Crippen molar-refractivity contribution in [2.45, 2.75) is 25.7 Å². The predicted molar refractivity (Wildman–Crippen MR) is 134 cm³/mol. The highest BCUT2D eigenvalue weighted by Gasteiger charge is 2.37. The standard InChI is InChI=1S/C24H25ClFN3O6S/c1-2-34-16-12-23(29(13-16)21(30)8-5-17-4-7-20(25)36-17)35-24(32)27-19-6-3-15(11-18(19)26)28-9-10-33-14-22(28)31/h3-8,11,16,23H,2,9-10,12-14H2,1H3,(H,27,32)/b8-5+/t16-,23-/m1/s1. The lowest BCUT2D eigenvalue weighted by Gasteiger charge is -2.27. The number of ether oxygens (including phenoxy) is 3. The van der Waals surface area contributed by atoms with Crippen LogP contribution in [-0.4, -0.2) is 68.0 Å². The fraction of sp³-hybridized carbons (Fsp3) is 0.375. The molecule has 0 unspecified atom stereocenters. The molecule has 0 saturated carbocycles. The Bertz CT molecular complexity index is 1160. The average molecular weight is 538 g/mol. The molecule has 2 saturated heterocycles. The molecule has 12 heteroatoms. The minimum Gasteiger partial charge on any atom is -0.425 e. The fourth-order valence-corrected chi connectivity index (χ4v) is 4.92. The van der Waals surface area contributed by atoms with Crippen LogP contribution in [0.3, 0.4) is 0 Å². The first-order valence-corrected chi connectivity index (χ1v) is 12.5. The number of morpholine rings is 1. The molecule has 1 aromatic carbocycles. The van der Waals surface area contributed by atoms with Gasteiger partial charge in [-0.15, -0.1) is 11.3 Å². The second-order valence-corrected chi connectivity index (χ2v) is 9.77. The van der Waals surface area contributed by atoms with Gasteiger partial charge in [-0.3, -0.25) is 14.9 Å². The van der Waals surface area contributed by atoms with Crippen LogP contribution in [0.25, 0.3) is 6.08 Å². The summed E-state index contributed by atoms with van der Waals surface area (Å²) >= 11 is 7.26. The summed E-state index contributed by atoms with van der Waals surface area (Å²) in [6.45, 7) is 3.13. The molecule has 3 amide bonds. The van der Waals surface area contributed by atoms with Gasteiger partial charge in [-0.05, 0) is 43.3 Å². The summed E-state index contributed by atoms with van der Waals surface area (Å²) < 4.78 is 31.5. The van der Waals surface area contributed by atoms with Gasteiger partial charge in [0.05, 0.1) is 29.3 Å². The number of amides is 3. The van der Waals surface area contributed by atoms with Crippen LogP contribution in [0.5, 0.6) is 0 Å². The van der Waals surface area contributed by atoms with Crippen molar-refractivity contribution in [3.63, 3.8) is 0 Å². The van der Waals surface area contributed by atoms with E-state index in [1.54, 1.807) is 18.2 Å². The van der Waals surface area contributed by atoms with E-state index in [1.165, 1.54) is 39.3 Å². The molecule has 0 bridgehead atoms. The molecule has 0 radical (unpaired) electrons. The van der Waals surface area contributed by atoms with Gasteiger partial charge in [-0.1, -0.05) is 11.6 Å². The third-order valence-electron chi connectivity index (χ3n) is 5.61. The van der Waals surface area contributed by atoms with Gasteiger partial charge < -0.3 is 24.0 Å². The highest BCUT2D eigenvalue weighted by atomic mass is 35.5. The molecule has 0 spiro atoms. The second-order valence-electron chi connectivity index (χ2n) is 8.03. The van der Waals surface area contributed by atoms with Gasteiger partial charge in [0.15, 0.2) is 6.23 Å². The molecule has 2 aromatic rings. The number of halogens is 2. The van der Waals surface area contributed by atoms with Crippen LogP contribution in [0, 0.1) is 5.82 Å². The Morgan fingerprint density at radius 2 is 2.17 bits per heavy atom. The number of likely N-dealkylation sites (tertiary alicyclic amines) is 1. The van der Waals surface area contributed by atoms with Gasteiger partial charge in [-0.25, -0.2) is 9.18 Å². The van der Waals surface area contributed by atoms with E-state index >= 15 is 0 Å². The normalized spacial score (nSPS) is 20.2. The highest BCUT2D eigenvalue weighted by molar-refractivity contribution is 7.17. The van der Waals surface area contributed by atoms with Gasteiger partial charge in [0.2, 0.25) is 5.91 Å². The molecule has 2 atom stereocenters. The number of anilines is 2. The van der Waals surface area contributed by atoms with E-state index in [2.05, 4.69) is 5.32 Å². The smallest absolute Gasteiger partial charge is 0.413 e. The van der Waals surface area contributed by atoms with Crippen molar-refractivity contribution >= 4 is 58.3 Å². The number of thiophene rings is 1. The molecule has 4 rings (SSSR count). The Morgan fingerprint density at radius 3 is 2.86 bits per heavy atom. The topological polar surface area (TPSA) is 97.4 Å². The van der Waals surface area contributed by atoms with Crippen LogP contribution in [0.4, 0.5) is 20.6 Å². The zero-order chi connectivity index (χ0) is 25.7. The zero-order valence-corrected chi connectivity index (χ0v) is 21.0. The lowest BCUT2D eigenvalue weighted by Crippen LogP contribution is -2.41. The van der Waals surface area contributed by atoms with Crippen molar-refractivity contribution in [3.05, 3.63) is 51.4 Å². The van der Waals surface area contributed by atoms with Crippen LogP contribution >= 0.6 is 22.9 Å². The SMILES string of the molecule is CCO[C@@H]1C[C@@H](OC(=O)Nc2ccc(N3CCOCC3=O)cc2F)N(C(=O)/C=C/c2ccc(Cl)s2)C1. The molecule has 9 nitrogen and oxygen atoms in total. The van der Waals surface area contributed by atoms with Crippen molar-refractivity contribution in [1.82, 2.24) is 4.90 Å². The average Bonchev–Trinajstić information content (AvgIpc) is 3.45. The maximum absolute atomic E-state index is 14.7. The second kappa shape index (κ2) is 11.8. The van der Waals surface area contributed by atoms with Crippen LogP contribution in [0.15, 0.2) is 36.4 Å². The summed E-state index contributed by atoms with van der Waals surface area (Å²) in [4.78, 5) is 41.0. The van der Waals surface area contributed by atoms with E-state index in [0.29, 0.717) is 29.8 Å². The summed E-state index contributed by atoms with van der Waals surface area (Å²) in [5, 5.41) is 2.37. The van der Waals surface area contributed by atoms with Crippen LogP contribution in [0.2, 0.25) is 4.34 Å². The van der Waals surface area contributed by atoms with E-state index in [1.807, 2.05) is 6.92 Å². The van der Waals surface area contributed by atoms with Gasteiger partial charge >= 0.3 is 6.09 Å². The molecule has 2 aliphatic rings. The van der Waals surface area contributed by atoms with Crippen molar-refractivity contribution in [2.75, 3.05) is 43.1 Å². The van der Waals surface area contributed by atoms with Gasteiger partial charge in [0, 0.05) is 36.2 Å². The maximum atomic E-state index is 14.7.